The van der Waals surface area contributed by atoms with Crippen molar-refractivity contribution in [1.82, 2.24) is 15.0 Å². The van der Waals surface area contributed by atoms with Crippen LogP contribution in [0.3, 0.4) is 0 Å². The molecular formula is C16H17N5S. The van der Waals surface area contributed by atoms with Gasteiger partial charge in [0.05, 0.1) is 12.1 Å². The number of nitrogens with one attached hydrogen (secondary N) is 1. The lowest BCUT2D eigenvalue weighted by Gasteiger charge is -2.18. The number of hydrogen-bond donors (Lipinski definition) is 1. The molecule has 2 heterocycles. The minimum atomic E-state index is 0.679. The second-order valence-electron chi connectivity index (χ2n) is 4.91. The van der Waals surface area contributed by atoms with Crippen LogP contribution in [-0.4, -0.2) is 22.0 Å². The molecule has 3 aromatic rings. The van der Waals surface area contributed by atoms with E-state index in [4.69, 9.17) is 0 Å². The highest BCUT2D eigenvalue weighted by molar-refractivity contribution is 7.09. The molecule has 0 aliphatic rings. The molecule has 3 rings (SSSR count). The summed E-state index contributed by atoms with van der Waals surface area (Å²) in [6, 6.07) is 12.0. The Labute approximate surface area is 133 Å². The zero-order valence-electron chi connectivity index (χ0n) is 12.5. The highest BCUT2D eigenvalue weighted by atomic mass is 32.1. The number of benzene rings is 1. The van der Waals surface area contributed by atoms with E-state index >= 15 is 0 Å². The Morgan fingerprint density at radius 1 is 1.18 bits per heavy atom. The van der Waals surface area contributed by atoms with Crippen LogP contribution in [-0.2, 0) is 6.54 Å². The molecule has 0 amide bonds. The van der Waals surface area contributed by atoms with Crippen molar-refractivity contribution in [2.24, 2.45) is 0 Å². The van der Waals surface area contributed by atoms with Crippen molar-refractivity contribution in [1.29, 1.82) is 0 Å². The molecule has 2 aromatic heterocycles. The normalized spacial score (nSPS) is 10.5. The maximum absolute atomic E-state index is 4.60. The van der Waals surface area contributed by atoms with E-state index < -0.39 is 0 Å². The first-order chi connectivity index (χ1) is 10.7. The smallest absolute Gasteiger partial charge is 0.231 e. The van der Waals surface area contributed by atoms with Gasteiger partial charge in [-0.1, -0.05) is 18.2 Å². The molecule has 0 bridgehead atoms. The third-order valence-corrected chi connectivity index (χ3v) is 3.99. The van der Waals surface area contributed by atoms with Gasteiger partial charge in [0.1, 0.15) is 5.82 Å². The fraction of sp³-hybridized carbons (Fsp3) is 0.188. The molecule has 0 unspecified atom stereocenters. The van der Waals surface area contributed by atoms with Gasteiger partial charge in [-0.25, -0.2) is 4.98 Å². The van der Waals surface area contributed by atoms with E-state index in [1.165, 1.54) is 4.88 Å². The maximum Gasteiger partial charge on any atom is 0.231 e. The molecule has 1 N–H and O–H groups in total. The van der Waals surface area contributed by atoms with Crippen molar-refractivity contribution in [3.8, 4) is 0 Å². The quantitative estimate of drug-likeness (QED) is 0.780. The summed E-state index contributed by atoms with van der Waals surface area (Å²) < 4.78 is 0. The fourth-order valence-corrected chi connectivity index (χ4v) is 2.60. The summed E-state index contributed by atoms with van der Waals surface area (Å²) in [5.74, 6) is 1.50. The molecule has 0 saturated heterocycles. The minimum Gasteiger partial charge on any atom is -0.365 e. The molecular weight excluding hydrogens is 294 g/mol. The Morgan fingerprint density at radius 2 is 2.00 bits per heavy atom. The molecule has 0 radical (unpaired) electrons. The first-order valence-corrected chi connectivity index (χ1v) is 7.86. The van der Waals surface area contributed by atoms with Crippen molar-refractivity contribution in [2.45, 2.75) is 13.5 Å². The first kappa shape index (κ1) is 14.5. The Bertz CT molecular complexity index is 728. The lowest BCUT2D eigenvalue weighted by atomic mass is 10.3. The lowest BCUT2D eigenvalue weighted by molar-refractivity contribution is 1.00. The summed E-state index contributed by atoms with van der Waals surface area (Å²) in [6.07, 6.45) is 1.86. The Morgan fingerprint density at radius 3 is 2.73 bits per heavy atom. The molecule has 0 aliphatic heterocycles. The second-order valence-corrected chi connectivity index (χ2v) is 5.88. The van der Waals surface area contributed by atoms with Crippen LogP contribution in [0, 0.1) is 6.92 Å². The summed E-state index contributed by atoms with van der Waals surface area (Å²) in [6.45, 7) is 2.69. The van der Waals surface area contributed by atoms with E-state index in [1.54, 1.807) is 11.3 Å². The van der Waals surface area contributed by atoms with Crippen LogP contribution in [0.1, 0.15) is 10.6 Å². The van der Waals surface area contributed by atoms with E-state index in [1.807, 2.05) is 67.0 Å². The number of aromatic nitrogens is 3. The molecule has 0 fully saturated rings. The zero-order chi connectivity index (χ0) is 15.4. The lowest BCUT2D eigenvalue weighted by Crippen LogP contribution is -2.14. The Kier molecular flexibility index (Phi) is 4.29. The van der Waals surface area contributed by atoms with Gasteiger partial charge in [-0.2, -0.15) is 4.98 Å². The number of thiazole rings is 1. The van der Waals surface area contributed by atoms with Crippen LogP contribution in [0.4, 0.5) is 17.5 Å². The van der Waals surface area contributed by atoms with E-state index in [2.05, 4.69) is 20.3 Å². The molecule has 0 atom stereocenters. The summed E-state index contributed by atoms with van der Waals surface area (Å²) in [5, 5.41) is 3.33. The third-order valence-electron chi connectivity index (χ3n) is 3.21. The van der Waals surface area contributed by atoms with Gasteiger partial charge < -0.3 is 10.2 Å². The number of hydrogen-bond acceptors (Lipinski definition) is 6. The van der Waals surface area contributed by atoms with Crippen molar-refractivity contribution < 1.29 is 0 Å². The summed E-state index contributed by atoms with van der Waals surface area (Å²) >= 11 is 1.63. The molecule has 5 nitrogen and oxygen atoms in total. The zero-order valence-corrected chi connectivity index (χ0v) is 13.3. The van der Waals surface area contributed by atoms with Crippen molar-refractivity contribution in [3.63, 3.8) is 0 Å². The minimum absolute atomic E-state index is 0.679. The van der Waals surface area contributed by atoms with E-state index in [9.17, 15) is 0 Å². The molecule has 1 aromatic carbocycles. The predicted molar refractivity (Wildman–Crippen MR) is 90.7 cm³/mol. The summed E-state index contributed by atoms with van der Waals surface area (Å²) in [5.41, 5.74) is 3.82. The van der Waals surface area contributed by atoms with Gasteiger partial charge in [0.15, 0.2) is 0 Å². The fourth-order valence-electron chi connectivity index (χ4n) is 2.07. The molecule has 22 heavy (non-hydrogen) atoms. The summed E-state index contributed by atoms with van der Waals surface area (Å²) in [4.78, 5) is 16.3. The van der Waals surface area contributed by atoms with Gasteiger partial charge in [-0.05, 0) is 19.1 Å². The predicted octanol–water partition coefficient (Wildman–Crippen LogP) is 3.62. The topological polar surface area (TPSA) is 53.9 Å². The standard InChI is InChI=1S/C16H17N5S/c1-12-8-15(18-10-14-9-17-11-22-14)20-16(19-12)21(2)13-6-4-3-5-7-13/h3-9,11H,10H2,1-2H3,(H,18,19,20). The van der Waals surface area contributed by atoms with Crippen LogP contribution in [0.2, 0.25) is 0 Å². The van der Waals surface area contributed by atoms with Gasteiger partial charge in [-0.15, -0.1) is 11.3 Å². The Hall–Kier alpha value is -2.47. The average Bonchev–Trinajstić information content (AvgIpc) is 3.06. The second kappa shape index (κ2) is 6.53. The van der Waals surface area contributed by atoms with Crippen LogP contribution in [0.15, 0.2) is 48.1 Å². The van der Waals surface area contributed by atoms with Crippen LogP contribution in [0.25, 0.3) is 0 Å². The highest BCUT2D eigenvalue weighted by Gasteiger charge is 2.09. The third kappa shape index (κ3) is 3.40. The van der Waals surface area contributed by atoms with E-state index in [0.29, 0.717) is 5.95 Å². The van der Waals surface area contributed by atoms with Gasteiger partial charge in [-0.3, -0.25) is 4.98 Å². The van der Waals surface area contributed by atoms with Crippen molar-refractivity contribution in [2.75, 3.05) is 17.3 Å². The van der Waals surface area contributed by atoms with Crippen molar-refractivity contribution in [3.05, 3.63) is 58.7 Å². The van der Waals surface area contributed by atoms with Crippen LogP contribution >= 0.6 is 11.3 Å². The van der Waals surface area contributed by atoms with Gasteiger partial charge in [0, 0.05) is 35.6 Å². The molecule has 112 valence electrons. The number of anilines is 3. The van der Waals surface area contributed by atoms with Crippen LogP contribution in [0.5, 0.6) is 0 Å². The molecule has 0 aliphatic carbocycles. The first-order valence-electron chi connectivity index (χ1n) is 6.98. The van der Waals surface area contributed by atoms with Gasteiger partial charge in [0.2, 0.25) is 5.95 Å². The van der Waals surface area contributed by atoms with Gasteiger partial charge in [0.25, 0.3) is 0 Å². The molecule has 0 saturated carbocycles. The molecule has 0 spiro atoms. The van der Waals surface area contributed by atoms with Crippen LogP contribution < -0.4 is 10.2 Å². The van der Waals surface area contributed by atoms with E-state index in [0.717, 1.165) is 23.7 Å². The number of nitrogens with zero attached hydrogens (tertiary/aromatic N) is 4. The number of para-hydroxylation sites is 1. The number of aryl methyl sites for hydroxylation is 1. The summed E-state index contributed by atoms with van der Waals surface area (Å²) in [7, 11) is 1.97. The van der Waals surface area contributed by atoms with E-state index in [-0.39, 0.29) is 0 Å². The largest absolute Gasteiger partial charge is 0.365 e. The molecule has 6 heteroatoms. The van der Waals surface area contributed by atoms with Crippen molar-refractivity contribution >= 4 is 28.8 Å². The average molecular weight is 311 g/mol. The monoisotopic (exact) mass is 311 g/mol. The Balaban J connectivity index is 1.80. The van der Waals surface area contributed by atoms with Gasteiger partial charge >= 0.3 is 0 Å². The highest BCUT2D eigenvalue weighted by Crippen LogP contribution is 2.21. The SMILES string of the molecule is Cc1cc(NCc2cncs2)nc(N(C)c2ccccc2)n1. The number of rotatable bonds is 5. The maximum atomic E-state index is 4.60.